The third-order valence-corrected chi connectivity index (χ3v) is 5.56. The van der Waals surface area contributed by atoms with Crippen molar-refractivity contribution in [3.8, 4) is 21.8 Å². The molecule has 3 aromatic heterocycles. The van der Waals surface area contributed by atoms with E-state index in [1.807, 2.05) is 30.3 Å². The van der Waals surface area contributed by atoms with Gasteiger partial charge in [0.1, 0.15) is 10.8 Å². The highest BCUT2D eigenvalue weighted by Gasteiger charge is 2.20. The number of aromatic nitrogens is 4. The fraction of sp³-hybridized carbons (Fsp3) is 0.0455. The Morgan fingerprint density at radius 1 is 1.03 bits per heavy atom. The van der Waals surface area contributed by atoms with Crippen LogP contribution in [0.25, 0.3) is 32.9 Å². The van der Waals surface area contributed by atoms with Crippen LogP contribution in [0.1, 0.15) is 16.1 Å². The minimum absolute atomic E-state index is 0.228. The summed E-state index contributed by atoms with van der Waals surface area (Å²) >= 11 is 1.27. The number of pyridine rings is 1. The Hall–Kier alpha value is -3.98. The molecule has 0 atom stereocenters. The molecule has 0 fully saturated rings. The molecule has 0 saturated heterocycles. The van der Waals surface area contributed by atoms with Crippen molar-refractivity contribution in [1.29, 1.82) is 0 Å². The van der Waals surface area contributed by atoms with Crippen molar-refractivity contribution in [3.05, 3.63) is 77.7 Å². The Kier molecular flexibility index (Phi) is 4.72. The fourth-order valence-corrected chi connectivity index (χ4v) is 3.92. The van der Waals surface area contributed by atoms with Crippen LogP contribution < -0.4 is 5.32 Å². The van der Waals surface area contributed by atoms with E-state index in [2.05, 4.69) is 25.7 Å². The zero-order chi connectivity index (χ0) is 21.4. The maximum atomic E-state index is 13.3. The normalized spacial score (nSPS) is 11.0. The van der Waals surface area contributed by atoms with Crippen molar-refractivity contribution in [1.82, 2.24) is 20.3 Å². The summed E-state index contributed by atoms with van der Waals surface area (Å²) in [5, 5.41) is 16.5. The van der Waals surface area contributed by atoms with Crippen LogP contribution >= 0.6 is 11.3 Å². The van der Waals surface area contributed by atoms with Gasteiger partial charge in [-0.15, -0.1) is 10.2 Å². The van der Waals surface area contributed by atoms with Gasteiger partial charge in [-0.3, -0.25) is 10.1 Å². The standard InChI is InChI=1S/C22H14FN5O2S/c1-12-18-16(11-17(24-20(18)30-28-12)13-7-9-15(23)10-8-13)19(29)25-22-27-26-21(31-22)14-5-3-2-4-6-14/h2-11H,1H3,(H,25,27,29). The highest BCUT2D eigenvalue weighted by molar-refractivity contribution is 7.18. The molecule has 0 aliphatic heterocycles. The van der Waals surface area contributed by atoms with Crippen molar-refractivity contribution in [2.24, 2.45) is 0 Å². The van der Waals surface area contributed by atoms with Gasteiger partial charge in [0, 0.05) is 11.1 Å². The molecule has 152 valence electrons. The van der Waals surface area contributed by atoms with E-state index < -0.39 is 5.91 Å². The Labute approximate surface area is 179 Å². The number of aryl methyl sites for hydroxylation is 1. The molecule has 0 radical (unpaired) electrons. The predicted octanol–water partition coefficient (Wildman–Crippen LogP) is 5.11. The van der Waals surface area contributed by atoms with Gasteiger partial charge in [-0.1, -0.05) is 46.8 Å². The summed E-state index contributed by atoms with van der Waals surface area (Å²) in [5.41, 5.74) is 3.14. The topological polar surface area (TPSA) is 93.8 Å². The molecule has 9 heteroatoms. The van der Waals surface area contributed by atoms with Crippen LogP contribution in [0.5, 0.6) is 0 Å². The summed E-state index contributed by atoms with van der Waals surface area (Å²) in [7, 11) is 0. The minimum atomic E-state index is -0.391. The number of amides is 1. The molecule has 7 nitrogen and oxygen atoms in total. The van der Waals surface area contributed by atoms with E-state index in [1.54, 1.807) is 25.1 Å². The molecular formula is C22H14FN5O2S. The zero-order valence-electron chi connectivity index (χ0n) is 16.2. The van der Waals surface area contributed by atoms with Crippen LogP contribution in [0.3, 0.4) is 0 Å². The second kappa shape index (κ2) is 7.69. The Balaban J connectivity index is 1.51. The molecule has 3 heterocycles. The van der Waals surface area contributed by atoms with E-state index in [1.165, 1.54) is 23.5 Å². The molecule has 0 saturated carbocycles. The summed E-state index contributed by atoms with van der Waals surface area (Å²) in [6.07, 6.45) is 0. The number of hydrogen-bond acceptors (Lipinski definition) is 7. The van der Waals surface area contributed by atoms with Crippen LogP contribution in [0, 0.1) is 12.7 Å². The highest BCUT2D eigenvalue weighted by Crippen LogP contribution is 2.30. The monoisotopic (exact) mass is 431 g/mol. The lowest BCUT2D eigenvalue weighted by Crippen LogP contribution is -2.13. The van der Waals surface area contributed by atoms with Crippen LogP contribution in [0.2, 0.25) is 0 Å². The minimum Gasteiger partial charge on any atom is -0.335 e. The first-order valence-corrected chi connectivity index (χ1v) is 10.1. The van der Waals surface area contributed by atoms with Crippen molar-refractivity contribution >= 4 is 33.5 Å². The van der Waals surface area contributed by atoms with Gasteiger partial charge in [-0.05, 0) is 37.3 Å². The van der Waals surface area contributed by atoms with E-state index in [0.717, 1.165) is 5.56 Å². The first-order valence-electron chi connectivity index (χ1n) is 9.32. The largest absolute Gasteiger partial charge is 0.335 e. The maximum Gasteiger partial charge on any atom is 0.259 e. The number of nitrogens with one attached hydrogen (secondary N) is 1. The predicted molar refractivity (Wildman–Crippen MR) is 115 cm³/mol. The number of hydrogen-bond donors (Lipinski definition) is 1. The van der Waals surface area contributed by atoms with Gasteiger partial charge in [0.2, 0.25) is 5.13 Å². The van der Waals surface area contributed by atoms with Crippen LogP contribution in [-0.4, -0.2) is 26.2 Å². The lowest BCUT2D eigenvalue weighted by atomic mass is 10.1. The number of carbonyl (C=O) groups is 1. The van der Waals surface area contributed by atoms with Crippen molar-refractivity contribution in [2.45, 2.75) is 6.92 Å². The number of rotatable bonds is 4. The summed E-state index contributed by atoms with van der Waals surface area (Å²) in [5.74, 6) is -0.749. The average Bonchev–Trinajstić information content (AvgIpc) is 3.41. The van der Waals surface area contributed by atoms with Gasteiger partial charge in [-0.2, -0.15) is 0 Å². The van der Waals surface area contributed by atoms with Crippen molar-refractivity contribution in [3.63, 3.8) is 0 Å². The molecule has 1 N–H and O–H groups in total. The third-order valence-electron chi connectivity index (χ3n) is 4.67. The van der Waals surface area contributed by atoms with E-state index in [4.69, 9.17) is 4.52 Å². The first kappa shape index (κ1) is 19.0. The second-order valence-electron chi connectivity index (χ2n) is 6.74. The van der Waals surface area contributed by atoms with Gasteiger partial charge in [0.25, 0.3) is 11.6 Å². The third kappa shape index (κ3) is 3.66. The number of benzene rings is 2. The molecule has 5 aromatic rings. The molecule has 5 rings (SSSR count). The van der Waals surface area contributed by atoms with Crippen molar-refractivity contribution < 1.29 is 13.7 Å². The molecule has 2 aromatic carbocycles. The molecule has 31 heavy (non-hydrogen) atoms. The Morgan fingerprint density at radius 3 is 2.58 bits per heavy atom. The lowest BCUT2D eigenvalue weighted by molar-refractivity contribution is 0.102. The summed E-state index contributed by atoms with van der Waals surface area (Å²) in [4.78, 5) is 17.6. The van der Waals surface area contributed by atoms with Gasteiger partial charge in [0.05, 0.1) is 22.3 Å². The molecule has 0 aliphatic rings. The van der Waals surface area contributed by atoms with E-state index >= 15 is 0 Å². The molecule has 1 amide bonds. The number of carbonyl (C=O) groups excluding carboxylic acids is 1. The van der Waals surface area contributed by atoms with Gasteiger partial charge in [0.15, 0.2) is 0 Å². The zero-order valence-corrected chi connectivity index (χ0v) is 17.0. The molecule has 0 unspecified atom stereocenters. The fourth-order valence-electron chi connectivity index (χ4n) is 3.18. The molecule has 0 aliphatic carbocycles. The number of anilines is 1. The molecular weight excluding hydrogens is 417 g/mol. The lowest BCUT2D eigenvalue weighted by Gasteiger charge is -2.06. The van der Waals surface area contributed by atoms with E-state index in [-0.39, 0.29) is 11.5 Å². The Bertz CT molecular complexity index is 1400. The summed E-state index contributed by atoms with van der Waals surface area (Å²) in [6, 6.07) is 17.1. The first-order chi connectivity index (χ1) is 15.1. The van der Waals surface area contributed by atoms with Crippen LogP contribution in [-0.2, 0) is 0 Å². The van der Waals surface area contributed by atoms with E-state index in [0.29, 0.717) is 38.0 Å². The van der Waals surface area contributed by atoms with Crippen LogP contribution in [0.15, 0.2) is 65.2 Å². The van der Waals surface area contributed by atoms with Gasteiger partial charge < -0.3 is 4.52 Å². The van der Waals surface area contributed by atoms with Crippen LogP contribution in [0.4, 0.5) is 9.52 Å². The summed E-state index contributed by atoms with van der Waals surface area (Å²) in [6.45, 7) is 1.74. The maximum absolute atomic E-state index is 13.3. The summed E-state index contributed by atoms with van der Waals surface area (Å²) < 4.78 is 18.6. The highest BCUT2D eigenvalue weighted by atomic mass is 32.1. The SMILES string of the molecule is Cc1noc2nc(-c3ccc(F)cc3)cc(C(=O)Nc3nnc(-c4ccccc4)s3)c12. The molecule has 0 bridgehead atoms. The van der Waals surface area contributed by atoms with E-state index in [9.17, 15) is 9.18 Å². The van der Waals surface area contributed by atoms with Crippen molar-refractivity contribution in [2.75, 3.05) is 5.32 Å². The Morgan fingerprint density at radius 2 is 1.81 bits per heavy atom. The van der Waals surface area contributed by atoms with Gasteiger partial charge in [-0.25, -0.2) is 9.37 Å². The van der Waals surface area contributed by atoms with Gasteiger partial charge >= 0.3 is 0 Å². The average molecular weight is 431 g/mol. The quantitative estimate of drug-likeness (QED) is 0.425. The molecule has 0 spiro atoms. The smallest absolute Gasteiger partial charge is 0.259 e. The number of halogens is 1. The second-order valence-corrected chi connectivity index (χ2v) is 7.72. The number of fused-ring (bicyclic) bond motifs is 1. The number of nitrogens with zero attached hydrogens (tertiary/aromatic N) is 4.